The minimum absolute atomic E-state index is 0.201. The summed E-state index contributed by atoms with van der Waals surface area (Å²) >= 11 is 6.09. The molecule has 1 aliphatic rings. The first-order chi connectivity index (χ1) is 12.6. The third-order valence-corrected chi connectivity index (χ3v) is 4.62. The number of carbonyl (C=O) groups is 2. The van der Waals surface area contributed by atoms with E-state index in [-0.39, 0.29) is 17.5 Å². The van der Waals surface area contributed by atoms with E-state index in [1.165, 1.54) is 38.2 Å². The van der Waals surface area contributed by atoms with E-state index in [4.69, 9.17) is 16.3 Å². The Kier molecular flexibility index (Phi) is 5.78. The standard InChI is InChI=1S/C18H20ClN3O4/c1-25-18(24)12-6-7-15(14(19)10-12)26-11-17(23)21-16-8-9-20-22(16)13-4-2-3-5-13/h6-10,13H,2-5,11H2,1H3,(H,21,23). The first kappa shape index (κ1) is 18.3. The molecule has 1 fully saturated rings. The Morgan fingerprint density at radius 1 is 1.31 bits per heavy atom. The van der Waals surface area contributed by atoms with Gasteiger partial charge in [0.25, 0.3) is 5.91 Å². The lowest BCUT2D eigenvalue weighted by atomic mass is 10.2. The highest BCUT2D eigenvalue weighted by atomic mass is 35.5. The van der Waals surface area contributed by atoms with Gasteiger partial charge in [0, 0.05) is 6.07 Å². The van der Waals surface area contributed by atoms with Crippen molar-refractivity contribution in [1.82, 2.24) is 9.78 Å². The second-order valence-electron chi connectivity index (χ2n) is 6.07. The van der Waals surface area contributed by atoms with Crippen LogP contribution in [0.3, 0.4) is 0 Å². The molecular formula is C18H20ClN3O4. The van der Waals surface area contributed by atoms with Gasteiger partial charge in [-0.05, 0) is 31.0 Å². The number of nitrogens with one attached hydrogen (secondary N) is 1. The molecule has 1 aromatic carbocycles. The van der Waals surface area contributed by atoms with Crippen LogP contribution >= 0.6 is 11.6 Å². The zero-order chi connectivity index (χ0) is 18.5. The highest BCUT2D eigenvalue weighted by Crippen LogP contribution is 2.31. The molecule has 3 rings (SSSR count). The Morgan fingerprint density at radius 2 is 2.08 bits per heavy atom. The zero-order valence-electron chi connectivity index (χ0n) is 14.4. The van der Waals surface area contributed by atoms with Crippen molar-refractivity contribution in [3.63, 3.8) is 0 Å². The highest BCUT2D eigenvalue weighted by Gasteiger charge is 2.20. The summed E-state index contributed by atoms with van der Waals surface area (Å²) in [7, 11) is 1.29. The van der Waals surface area contributed by atoms with Crippen LogP contribution in [0.4, 0.5) is 5.82 Å². The summed E-state index contributed by atoms with van der Waals surface area (Å²) in [6.07, 6.45) is 6.19. The highest BCUT2D eigenvalue weighted by molar-refractivity contribution is 6.32. The third kappa shape index (κ3) is 4.16. The van der Waals surface area contributed by atoms with E-state index in [0.29, 0.717) is 23.2 Å². The number of aromatic nitrogens is 2. The number of amides is 1. The van der Waals surface area contributed by atoms with Crippen LogP contribution in [-0.4, -0.2) is 35.4 Å². The number of hydrogen-bond donors (Lipinski definition) is 1. The van der Waals surface area contributed by atoms with Crippen LogP contribution < -0.4 is 10.1 Å². The topological polar surface area (TPSA) is 82.4 Å². The zero-order valence-corrected chi connectivity index (χ0v) is 15.2. The van der Waals surface area contributed by atoms with Crippen molar-refractivity contribution < 1.29 is 19.1 Å². The van der Waals surface area contributed by atoms with Crippen molar-refractivity contribution in [3.05, 3.63) is 41.0 Å². The van der Waals surface area contributed by atoms with E-state index in [1.54, 1.807) is 12.3 Å². The Morgan fingerprint density at radius 3 is 2.77 bits per heavy atom. The minimum atomic E-state index is -0.489. The van der Waals surface area contributed by atoms with Crippen molar-refractivity contribution in [3.8, 4) is 5.75 Å². The smallest absolute Gasteiger partial charge is 0.337 e. The molecule has 1 N–H and O–H groups in total. The summed E-state index contributed by atoms with van der Waals surface area (Å²) in [5.41, 5.74) is 0.315. The molecule has 1 saturated carbocycles. The predicted octanol–water partition coefficient (Wildman–Crippen LogP) is 3.46. The van der Waals surface area contributed by atoms with E-state index in [1.807, 2.05) is 4.68 Å². The number of carbonyl (C=O) groups excluding carboxylic acids is 2. The van der Waals surface area contributed by atoms with Crippen LogP contribution in [0.15, 0.2) is 30.5 Å². The van der Waals surface area contributed by atoms with Crippen molar-refractivity contribution in [1.29, 1.82) is 0 Å². The van der Waals surface area contributed by atoms with Gasteiger partial charge in [-0.1, -0.05) is 24.4 Å². The quantitative estimate of drug-likeness (QED) is 0.779. The first-order valence-corrected chi connectivity index (χ1v) is 8.80. The van der Waals surface area contributed by atoms with E-state index in [9.17, 15) is 9.59 Å². The number of ether oxygens (including phenoxy) is 2. The molecule has 1 heterocycles. The Hall–Kier alpha value is -2.54. The van der Waals surface area contributed by atoms with Crippen LogP contribution in [0.25, 0.3) is 0 Å². The summed E-state index contributed by atoms with van der Waals surface area (Å²) in [4.78, 5) is 23.7. The van der Waals surface area contributed by atoms with Crippen molar-refractivity contribution >= 4 is 29.3 Å². The maximum Gasteiger partial charge on any atom is 0.337 e. The molecule has 0 unspecified atom stereocenters. The van der Waals surface area contributed by atoms with Gasteiger partial charge in [-0.3, -0.25) is 4.79 Å². The number of methoxy groups -OCH3 is 1. The molecule has 1 aromatic heterocycles. The lowest BCUT2D eigenvalue weighted by molar-refractivity contribution is -0.118. The van der Waals surface area contributed by atoms with Gasteiger partial charge in [-0.15, -0.1) is 0 Å². The fraction of sp³-hybridized carbons (Fsp3) is 0.389. The molecule has 1 aliphatic carbocycles. The molecule has 138 valence electrons. The summed E-state index contributed by atoms with van der Waals surface area (Å²) in [6, 6.07) is 6.61. The number of esters is 1. The number of benzene rings is 1. The van der Waals surface area contributed by atoms with Gasteiger partial charge in [0.05, 0.1) is 29.9 Å². The molecule has 1 amide bonds. The summed E-state index contributed by atoms with van der Waals surface area (Å²) in [5, 5.41) is 7.36. The molecule has 0 spiro atoms. The second-order valence-corrected chi connectivity index (χ2v) is 6.48. The number of anilines is 1. The van der Waals surface area contributed by atoms with Gasteiger partial charge in [-0.2, -0.15) is 5.10 Å². The van der Waals surface area contributed by atoms with Crippen LogP contribution in [-0.2, 0) is 9.53 Å². The third-order valence-electron chi connectivity index (χ3n) is 4.32. The molecular weight excluding hydrogens is 358 g/mol. The molecule has 0 aliphatic heterocycles. The van der Waals surface area contributed by atoms with E-state index in [2.05, 4.69) is 15.2 Å². The molecule has 0 atom stereocenters. The van der Waals surface area contributed by atoms with Crippen molar-refractivity contribution in [2.45, 2.75) is 31.7 Å². The van der Waals surface area contributed by atoms with Gasteiger partial charge in [0.15, 0.2) is 6.61 Å². The largest absolute Gasteiger partial charge is 0.482 e. The van der Waals surface area contributed by atoms with Crippen molar-refractivity contribution in [2.24, 2.45) is 0 Å². The maximum absolute atomic E-state index is 12.2. The average molecular weight is 378 g/mol. The molecule has 0 bridgehead atoms. The molecule has 0 saturated heterocycles. The summed E-state index contributed by atoms with van der Waals surface area (Å²) in [5.74, 6) is 0.186. The van der Waals surface area contributed by atoms with Crippen LogP contribution in [0.2, 0.25) is 5.02 Å². The monoisotopic (exact) mass is 377 g/mol. The summed E-state index contributed by atoms with van der Waals surface area (Å²) < 4.78 is 12.0. The molecule has 26 heavy (non-hydrogen) atoms. The van der Waals surface area contributed by atoms with Gasteiger partial charge >= 0.3 is 5.97 Å². The molecule has 7 nitrogen and oxygen atoms in total. The van der Waals surface area contributed by atoms with Gasteiger partial charge in [0.1, 0.15) is 11.6 Å². The molecule has 2 aromatic rings. The van der Waals surface area contributed by atoms with Gasteiger partial charge < -0.3 is 14.8 Å². The van der Waals surface area contributed by atoms with E-state index >= 15 is 0 Å². The van der Waals surface area contributed by atoms with Gasteiger partial charge in [0.2, 0.25) is 0 Å². The van der Waals surface area contributed by atoms with Gasteiger partial charge in [-0.25, -0.2) is 9.48 Å². The minimum Gasteiger partial charge on any atom is -0.482 e. The van der Waals surface area contributed by atoms with Crippen LogP contribution in [0.1, 0.15) is 42.1 Å². The SMILES string of the molecule is COC(=O)c1ccc(OCC(=O)Nc2ccnn2C2CCCC2)c(Cl)c1. The maximum atomic E-state index is 12.2. The predicted molar refractivity (Wildman–Crippen MR) is 96.6 cm³/mol. The van der Waals surface area contributed by atoms with Crippen LogP contribution in [0, 0.1) is 0 Å². The molecule has 8 heteroatoms. The Bertz CT molecular complexity index is 799. The fourth-order valence-corrected chi connectivity index (χ4v) is 3.27. The Labute approximate surface area is 156 Å². The number of nitrogens with zero attached hydrogens (tertiary/aromatic N) is 2. The van der Waals surface area contributed by atoms with Crippen molar-refractivity contribution in [2.75, 3.05) is 19.0 Å². The number of rotatable bonds is 6. The van der Waals surface area contributed by atoms with E-state index < -0.39 is 5.97 Å². The lowest BCUT2D eigenvalue weighted by Crippen LogP contribution is -2.23. The fourth-order valence-electron chi connectivity index (χ4n) is 3.04. The average Bonchev–Trinajstić information content (AvgIpc) is 3.31. The second kappa shape index (κ2) is 8.23. The summed E-state index contributed by atoms with van der Waals surface area (Å²) in [6.45, 7) is -0.201. The Balaban J connectivity index is 1.58. The normalized spacial score (nSPS) is 14.2. The van der Waals surface area contributed by atoms with E-state index in [0.717, 1.165) is 12.8 Å². The van der Waals surface area contributed by atoms with Crippen LogP contribution in [0.5, 0.6) is 5.75 Å². The molecule has 0 radical (unpaired) electrons. The number of halogens is 1. The first-order valence-electron chi connectivity index (χ1n) is 8.42. The lowest BCUT2D eigenvalue weighted by Gasteiger charge is -2.15. The number of hydrogen-bond acceptors (Lipinski definition) is 5.